The number of aliphatic carboxylic acids is 1. The first-order valence-corrected chi connectivity index (χ1v) is 7.65. The zero-order chi connectivity index (χ0) is 12.7. The molecular weight excluding hydrogens is 242 g/mol. The molecule has 98 valence electrons. The Kier molecular flexibility index (Phi) is 3.20. The quantitative estimate of drug-likeness (QED) is 0.803. The summed E-state index contributed by atoms with van der Waals surface area (Å²) >= 11 is 0. The SMILES string of the molecule is CCCC1(C(=O)O)CCN(S(=O)(=O)C2CC2)C1. The molecule has 2 rings (SSSR count). The highest BCUT2D eigenvalue weighted by molar-refractivity contribution is 7.90. The number of nitrogens with zero attached hydrogens (tertiary/aromatic N) is 1. The first-order chi connectivity index (χ1) is 7.92. The smallest absolute Gasteiger partial charge is 0.311 e. The van der Waals surface area contributed by atoms with E-state index in [-0.39, 0.29) is 11.8 Å². The molecule has 1 saturated carbocycles. The van der Waals surface area contributed by atoms with E-state index in [9.17, 15) is 18.3 Å². The van der Waals surface area contributed by atoms with Crippen molar-refractivity contribution in [2.45, 2.75) is 44.3 Å². The minimum Gasteiger partial charge on any atom is -0.481 e. The predicted molar refractivity (Wildman–Crippen MR) is 63.1 cm³/mol. The lowest BCUT2D eigenvalue weighted by molar-refractivity contribution is -0.148. The molecule has 17 heavy (non-hydrogen) atoms. The molecule has 1 atom stereocenters. The van der Waals surface area contributed by atoms with E-state index in [2.05, 4.69) is 0 Å². The fourth-order valence-electron chi connectivity index (χ4n) is 2.59. The minimum atomic E-state index is -3.22. The highest BCUT2D eigenvalue weighted by Gasteiger charge is 2.50. The summed E-state index contributed by atoms with van der Waals surface area (Å²) in [6.45, 7) is 2.46. The van der Waals surface area contributed by atoms with Crippen LogP contribution >= 0.6 is 0 Å². The van der Waals surface area contributed by atoms with Gasteiger partial charge in [-0.05, 0) is 25.7 Å². The van der Waals surface area contributed by atoms with Gasteiger partial charge in [-0.25, -0.2) is 12.7 Å². The van der Waals surface area contributed by atoms with Crippen LogP contribution < -0.4 is 0 Å². The largest absolute Gasteiger partial charge is 0.481 e. The average Bonchev–Trinajstić information content (AvgIpc) is 3.01. The standard InChI is InChI=1S/C11H19NO4S/c1-2-5-11(10(13)14)6-7-12(8-11)17(15,16)9-3-4-9/h9H,2-8H2,1H3,(H,13,14). The maximum atomic E-state index is 12.0. The zero-order valence-electron chi connectivity index (χ0n) is 10.1. The van der Waals surface area contributed by atoms with Gasteiger partial charge in [0.15, 0.2) is 0 Å². The second kappa shape index (κ2) is 4.24. The van der Waals surface area contributed by atoms with Crippen LogP contribution in [0.4, 0.5) is 0 Å². The third-order valence-corrected chi connectivity index (χ3v) is 6.15. The van der Waals surface area contributed by atoms with Crippen LogP contribution in [-0.4, -0.2) is 42.1 Å². The molecule has 1 aliphatic heterocycles. The summed E-state index contributed by atoms with van der Waals surface area (Å²) < 4.78 is 25.5. The van der Waals surface area contributed by atoms with Crippen molar-refractivity contribution in [2.24, 2.45) is 5.41 Å². The van der Waals surface area contributed by atoms with Crippen molar-refractivity contribution in [3.63, 3.8) is 0 Å². The molecule has 1 saturated heterocycles. The van der Waals surface area contributed by atoms with Gasteiger partial charge in [0.1, 0.15) is 0 Å². The normalized spacial score (nSPS) is 30.6. The van der Waals surface area contributed by atoms with Crippen LogP contribution in [0.3, 0.4) is 0 Å². The Labute approximate surface area is 102 Å². The van der Waals surface area contributed by atoms with Gasteiger partial charge in [-0.15, -0.1) is 0 Å². The Balaban J connectivity index is 2.14. The van der Waals surface area contributed by atoms with Crippen molar-refractivity contribution >= 4 is 16.0 Å². The van der Waals surface area contributed by atoms with Gasteiger partial charge in [0, 0.05) is 13.1 Å². The summed E-state index contributed by atoms with van der Waals surface area (Å²) in [6.07, 6.45) is 3.23. The van der Waals surface area contributed by atoms with Crippen molar-refractivity contribution in [3.05, 3.63) is 0 Å². The van der Waals surface area contributed by atoms with E-state index in [1.165, 1.54) is 4.31 Å². The third kappa shape index (κ3) is 2.20. The minimum absolute atomic E-state index is 0.162. The van der Waals surface area contributed by atoms with Crippen LogP contribution in [-0.2, 0) is 14.8 Å². The Morgan fingerprint density at radius 3 is 2.59 bits per heavy atom. The van der Waals surface area contributed by atoms with Crippen LogP contribution in [0.2, 0.25) is 0 Å². The Morgan fingerprint density at radius 1 is 1.47 bits per heavy atom. The molecule has 2 aliphatic rings. The molecule has 0 aromatic rings. The third-order valence-electron chi connectivity index (χ3n) is 3.81. The zero-order valence-corrected chi connectivity index (χ0v) is 10.9. The molecule has 1 aliphatic carbocycles. The summed E-state index contributed by atoms with van der Waals surface area (Å²) in [4.78, 5) is 11.3. The van der Waals surface area contributed by atoms with Gasteiger partial charge in [0.2, 0.25) is 10.0 Å². The highest BCUT2D eigenvalue weighted by Crippen LogP contribution is 2.40. The molecule has 0 aromatic carbocycles. The molecule has 0 radical (unpaired) electrons. The molecule has 2 fully saturated rings. The van der Waals surface area contributed by atoms with E-state index in [1.54, 1.807) is 0 Å². The Bertz CT molecular complexity index is 415. The van der Waals surface area contributed by atoms with E-state index in [0.717, 1.165) is 19.3 Å². The van der Waals surface area contributed by atoms with Crippen molar-refractivity contribution in [2.75, 3.05) is 13.1 Å². The van der Waals surface area contributed by atoms with E-state index in [4.69, 9.17) is 0 Å². The fraction of sp³-hybridized carbons (Fsp3) is 0.909. The van der Waals surface area contributed by atoms with Crippen LogP contribution in [0.1, 0.15) is 39.0 Å². The first kappa shape index (κ1) is 12.8. The van der Waals surface area contributed by atoms with E-state index in [0.29, 0.717) is 19.4 Å². The molecule has 0 aromatic heterocycles. The van der Waals surface area contributed by atoms with Gasteiger partial charge in [0.05, 0.1) is 10.7 Å². The molecule has 0 spiro atoms. The van der Waals surface area contributed by atoms with Crippen molar-refractivity contribution in [1.82, 2.24) is 4.31 Å². The second-order valence-electron chi connectivity index (χ2n) is 5.16. The fourth-order valence-corrected chi connectivity index (χ4v) is 4.52. The predicted octanol–water partition coefficient (Wildman–Crippen LogP) is 1.06. The van der Waals surface area contributed by atoms with Gasteiger partial charge in [-0.2, -0.15) is 0 Å². The van der Waals surface area contributed by atoms with Crippen molar-refractivity contribution in [1.29, 1.82) is 0 Å². The lowest BCUT2D eigenvalue weighted by Crippen LogP contribution is -2.38. The molecule has 1 N–H and O–H groups in total. The van der Waals surface area contributed by atoms with Gasteiger partial charge in [-0.3, -0.25) is 4.79 Å². The lowest BCUT2D eigenvalue weighted by atomic mass is 9.83. The number of hydrogen-bond donors (Lipinski definition) is 1. The number of rotatable bonds is 5. The summed E-state index contributed by atoms with van der Waals surface area (Å²) in [5.74, 6) is -0.854. The van der Waals surface area contributed by atoms with E-state index in [1.807, 2.05) is 6.92 Å². The number of carbonyl (C=O) groups is 1. The Morgan fingerprint density at radius 2 is 2.12 bits per heavy atom. The molecule has 5 nitrogen and oxygen atoms in total. The van der Waals surface area contributed by atoms with Gasteiger partial charge < -0.3 is 5.11 Å². The van der Waals surface area contributed by atoms with Gasteiger partial charge in [0.25, 0.3) is 0 Å². The Hall–Kier alpha value is -0.620. The van der Waals surface area contributed by atoms with Crippen molar-refractivity contribution in [3.8, 4) is 0 Å². The molecular formula is C11H19NO4S. The summed E-state index contributed by atoms with van der Waals surface area (Å²) in [7, 11) is -3.22. The van der Waals surface area contributed by atoms with Crippen LogP contribution in [0, 0.1) is 5.41 Å². The average molecular weight is 261 g/mol. The van der Waals surface area contributed by atoms with Crippen LogP contribution in [0.15, 0.2) is 0 Å². The first-order valence-electron chi connectivity index (χ1n) is 6.15. The van der Waals surface area contributed by atoms with Crippen LogP contribution in [0.5, 0.6) is 0 Å². The van der Waals surface area contributed by atoms with Gasteiger partial charge >= 0.3 is 5.97 Å². The molecule has 1 heterocycles. The number of hydrogen-bond acceptors (Lipinski definition) is 3. The number of carboxylic acids is 1. The number of carboxylic acid groups (broad SMARTS) is 1. The summed E-state index contributed by atoms with van der Waals surface area (Å²) in [6, 6.07) is 0. The van der Waals surface area contributed by atoms with Gasteiger partial charge in [-0.1, -0.05) is 13.3 Å². The number of sulfonamides is 1. The maximum Gasteiger partial charge on any atom is 0.311 e. The summed E-state index contributed by atoms with van der Waals surface area (Å²) in [5.41, 5.74) is -0.850. The topological polar surface area (TPSA) is 74.7 Å². The monoisotopic (exact) mass is 261 g/mol. The summed E-state index contributed by atoms with van der Waals surface area (Å²) in [5, 5.41) is 9.07. The highest BCUT2D eigenvalue weighted by atomic mass is 32.2. The lowest BCUT2D eigenvalue weighted by Gasteiger charge is -2.24. The molecule has 6 heteroatoms. The van der Waals surface area contributed by atoms with E-state index < -0.39 is 21.4 Å². The maximum absolute atomic E-state index is 12.0. The molecule has 0 amide bonds. The van der Waals surface area contributed by atoms with Crippen LogP contribution in [0.25, 0.3) is 0 Å². The van der Waals surface area contributed by atoms with E-state index >= 15 is 0 Å². The second-order valence-corrected chi connectivity index (χ2v) is 7.38. The van der Waals surface area contributed by atoms with Crippen molar-refractivity contribution < 1.29 is 18.3 Å². The molecule has 1 unspecified atom stereocenters. The molecule has 0 bridgehead atoms.